The highest BCUT2D eigenvalue weighted by atomic mass is 32.2. The van der Waals surface area contributed by atoms with Gasteiger partial charge in [0.25, 0.3) is 0 Å². The number of hydrogen-bond acceptors (Lipinski definition) is 8. The number of fused-ring (bicyclic) bond motifs is 2. The lowest BCUT2D eigenvalue weighted by Gasteiger charge is -2.46. The molecule has 25 heavy (non-hydrogen) atoms. The number of amides is 1. The van der Waals surface area contributed by atoms with Crippen LogP contribution in [-0.2, 0) is 9.59 Å². The van der Waals surface area contributed by atoms with E-state index in [2.05, 4.69) is 15.0 Å². The number of aliphatic hydroxyl groups is 1. The first-order valence-corrected chi connectivity index (χ1v) is 9.27. The van der Waals surface area contributed by atoms with Crippen LogP contribution < -0.4 is 0 Å². The van der Waals surface area contributed by atoms with Crippen molar-refractivity contribution in [3.8, 4) is 0 Å². The predicted molar refractivity (Wildman–Crippen MR) is 90.7 cm³/mol. The van der Waals surface area contributed by atoms with Crippen LogP contribution in [0.25, 0.3) is 10.5 Å². The molecule has 10 heteroatoms. The lowest BCUT2D eigenvalue weighted by atomic mass is 9.79. The van der Waals surface area contributed by atoms with Crippen LogP contribution in [-0.4, -0.2) is 54.1 Å². The molecule has 4 rings (SSSR count). The van der Waals surface area contributed by atoms with Gasteiger partial charge >= 0.3 is 5.97 Å². The third-order valence-electron chi connectivity index (χ3n) is 4.54. The molecule has 0 bridgehead atoms. The van der Waals surface area contributed by atoms with Gasteiger partial charge in [0.15, 0.2) is 14.8 Å². The van der Waals surface area contributed by atoms with Gasteiger partial charge in [-0.3, -0.25) is 4.79 Å². The van der Waals surface area contributed by atoms with Crippen LogP contribution in [0.3, 0.4) is 0 Å². The summed E-state index contributed by atoms with van der Waals surface area (Å²) in [7, 11) is 0. The second kappa shape index (κ2) is 5.75. The SMILES string of the molecule is CC(O)C1C(=O)N2C(C(=O)O)=C(Sc3nc4nccnc4s3)C(C)C12. The van der Waals surface area contributed by atoms with E-state index in [1.165, 1.54) is 28.0 Å². The fraction of sp³-hybridized carbons (Fsp3) is 0.400. The van der Waals surface area contributed by atoms with Crippen molar-refractivity contribution in [2.75, 3.05) is 0 Å². The molecule has 1 fully saturated rings. The topological polar surface area (TPSA) is 117 Å². The predicted octanol–water partition coefficient (Wildman–Crippen LogP) is 1.33. The Labute approximate surface area is 150 Å². The molecular formula is C15H14N4O4S2. The number of carbonyl (C=O) groups excluding carboxylic acids is 1. The molecule has 4 heterocycles. The second-order valence-corrected chi connectivity index (χ2v) is 8.31. The Kier molecular flexibility index (Phi) is 3.78. The fourth-order valence-electron chi connectivity index (χ4n) is 3.45. The molecule has 0 aromatic carbocycles. The molecule has 8 nitrogen and oxygen atoms in total. The average molecular weight is 378 g/mol. The third kappa shape index (κ3) is 2.35. The van der Waals surface area contributed by atoms with Crippen LogP contribution >= 0.6 is 23.1 Å². The van der Waals surface area contributed by atoms with Crippen LogP contribution in [0, 0.1) is 11.8 Å². The van der Waals surface area contributed by atoms with Crippen LogP contribution in [0.1, 0.15) is 13.8 Å². The average Bonchev–Trinajstić information content (AvgIpc) is 3.05. The van der Waals surface area contributed by atoms with Gasteiger partial charge < -0.3 is 15.1 Å². The van der Waals surface area contributed by atoms with Crippen molar-refractivity contribution in [3.05, 3.63) is 23.0 Å². The molecule has 4 unspecified atom stereocenters. The molecule has 0 aliphatic carbocycles. The minimum Gasteiger partial charge on any atom is -0.477 e. The maximum absolute atomic E-state index is 12.3. The number of aliphatic carboxylic acids is 1. The molecule has 2 aromatic rings. The summed E-state index contributed by atoms with van der Waals surface area (Å²) in [6.45, 7) is 3.44. The smallest absolute Gasteiger partial charge is 0.353 e. The largest absolute Gasteiger partial charge is 0.477 e. The van der Waals surface area contributed by atoms with Crippen molar-refractivity contribution in [1.29, 1.82) is 0 Å². The lowest BCUT2D eigenvalue weighted by Crippen LogP contribution is -2.63. The monoisotopic (exact) mass is 378 g/mol. The molecule has 2 aliphatic heterocycles. The molecular weight excluding hydrogens is 364 g/mol. The first-order chi connectivity index (χ1) is 11.9. The Morgan fingerprint density at radius 2 is 2.12 bits per heavy atom. The van der Waals surface area contributed by atoms with Crippen molar-refractivity contribution in [2.24, 2.45) is 11.8 Å². The number of carboxylic acid groups (broad SMARTS) is 1. The Balaban J connectivity index is 1.72. The summed E-state index contributed by atoms with van der Waals surface area (Å²) >= 11 is 2.56. The van der Waals surface area contributed by atoms with Crippen LogP contribution in [0.15, 0.2) is 27.3 Å². The molecule has 1 amide bonds. The zero-order valence-electron chi connectivity index (χ0n) is 13.3. The Bertz CT molecular complexity index is 892. The van der Waals surface area contributed by atoms with E-state index in [4.69, 9.17) is 0 Å². The number of thioether (sulfide) groups is 1. The highest BCUT2D eigenvalue weighted by Crippen LogP contribution is 2.52. The number of thiazole rings is 1. The van der Waals surface area contributed by atoms with Crippen LogP contribution in [0.4, 0.5) is 0 Å². The summed E-state index contributed by atoms with van der Waals surface area (Å²) in [6.07, 6.45) is 2.31. The summed E-state index contributed by atoms with van der Waals surface area (Å²) < 4.78 is 0.630. The van der Waals surface area contributed by atoms with E-state index >= 15 is 0 Å². The van der Waals surface area contributed by atoms with Gasteiger partial charge in [-0.25, -0.2) is 19.7 Å². The maximum Gasteiger partial charge on any atom is 0.353 e. The summed E-state index contributed by atoms with van der Waals surface area (Å²) in [5.41, 5.74) is 0.504. The number of hydrogen-bond donors (Lipinski definition) is 2. The fourth-order valence-corrected chi connectivity index (χ4v) is 5.65. The molecule has 130 valence electrons. The lowest BCUT2D eigenvalue weighted by molar-refractivity contribution is -0.163. The van der Waals surface area contributed by atoms with Gasteiger partial charge in [0.1, 0.15) is 5.70 Å². The summed E-state index contributed by atoms with van der Waals surface area (Å²) in [5, 5.41) is 19.5. The Morgan fingerprint density at radius 3 is 2.76 bits per heavy atom. The number of carboxylic acids is 1. The standard InChI is InChI=1S/C15H14N4O4S2/c1-5-8-7(6(2)20)13(21)19(8)9(14(22)23)10(5)24-15-18-11-12(25-15)17-4-3-16-11/h3-8,20H,1-2H3,(H,22,23). The van der Waals surface area contributed by atoms with Gasteiger partial charge in [0.2, 0.25) is 5.91 Å². The van der Waals surface area contributed by atoms with Crippen molar-refractivity contribution >= 4 is 45.5 Å². The van der Waals surface area contributed by atoms with E-state index < -0.39 is 18.0 Å². The number of nitrogens with zero attached hydrogens (tertiary/aromatic N) is 4. The highest BCUT2D eigenvalue weighted by Gasteiger charge is 2.60. The van der Waals surface area contributed by atoms with Crippen molar-refractivity contribution in [3.63, 3.8) is 0 Å². The van der Waals surface area contributed by atoms with Crippen molar-refractivity contribution < 1.29 is 19.8 Å². The second-order valence-electron chi connectivity index (χ2n) is 6.04. The highest BCUT2D eigenvalue weighted by molar-refractivity contribution is 8.04. The molecule has 1 saturated heterocycles. The molecule has 2 aromatic heterocycles. The van der Waals surface area contributed by atoms with Crippen LogP contribution in [0.2, 0.25) is 0 Å². The van der Waals surface area contributed by atoms with E-state index in [9.17, 15) is 19.8 Å². The third-order valence-corrected chi connectivity index (χ3v) is 6.83. The number of aromatic nitrogens is 3. The Hall–Kier alpha value is -2.04. The van der Waals surface area contributed by atoms with Crippen LogP contribution in [0.5, 0.6) is 0 Å². The first-order valence-electron chi connectivity index (χ1n) is 7.64. The molecule has 0 saturated carbocycles. The van der Waals surface area contributed by atoms with Gasteiger partial charge in [0, 0.05) is 23.2 Å². The number of aliphatic hydroxyl groups excluding tert-OH is 1. The Morgan fingerprint density at radius 1 is 1.40 bits per heavy atom. The molecule has 2 aliphatic rings. The minimum absolute atomic E-state index is 0.00965. The summed E-state index contributed by atoms with van der Waals surface area (Å²) in [5.74, 6) is -2.25. The molecule has 2 N–H and O–H groups in total. The van der Waals surface area contributed by atoms with Gasteiger partial charge in [-0.05, 0) is 6.92 Å². The molecule has 0 radical (unpaired) electrons. The zero-order chi connectivity index (χ0) is 17.9. The zero-order valence-corrected chi connectivity index (χ0v) is 14.9. The molecule has 0 spiro atoms. The van der Waals surface area contributed by atoms with E-state index in [0.29, 0.717) is 19.7 Å². The van der Waals surface area contributed by atoms with E-state index in [1.54, 1.807) is 19.3 Å². The molecule has 4 atom stereocenters. The van der Waals surface area contributed by atoms with Gasteiger partial charge in [-0.2, -0.15) is 0 Å². The van der Waals surface area contributed by atoms with E-state index in [1.807, 2.05) is 6.92 Å². The normalized spacial score (nSPS) is 26.8. The quantitative estimate of drug-likeness (QED) is 0.766. The maximum atomic E-state index is 12.3. The minimum atomic E-state index is -1.15. The van der Waals surface area contributed by atoms with Gasteiger partial charge in [-0.1, -0.05) is 30.0 Å². The van der Waals surface area contributed by atoms with E-state index in [-0.39, 0.29) is 23.6 Å². The van der Waals surface area contributed by atoms with Crippen molar-refractivity contribution in [2.45, 2.75) is 30.3 Å². The van der Waals surface area contributed by atoms with Gasteiger partial charge in [-0.15, -0.1) is 0 Å². The van der Waals surface area contributed by atoms with Gasteiger partial charge in [0.05, 0.1) is 18.1 Å². The van der Waals surface area contributed by atoms with E-state index in [0.717, 1.165) is 0 Å². The number of β-lactam (4-membered cyclic amide) rings is 1. The summed E-state index contributed by atoms with van der Waals surface area (Å²) in [4.78, 5) is 39.3. The number of carbonyl (C=O) groups is 2. The van der Waals surface area contributed by atoms with Crippen molar-refractivity contribution in [1.82, 2.24) is 19.9 Å². The first kappa shape index (κ1) is 16.4. The number of rotatable bonds is 4. The summed E-state index contributed by atoms with van der Waals surface area (Å²) in [6, 6.07) is -0.327.